The third-order valence-corrected chi connectivity index (χ3v) is 5.97. The van der Waals surface area contributed by atoms with E-state index in [1.807, 2.05) is 19.9 Å². The summed E-state index contributed by atoms with van der Waals surface area (Å²) in [7, 11) is 1.56. The predicted molar refractivity (Wildman–Crippen MR) is 121 cm³/mol. The van der Waals surface area contributed by atoms with Crippen molar-refractivity contribution in [3.05, 3.63) is 62.5 Å². The highest BCUT2D eigenvalue weighted by atomic mass is 35.5. The quantitative estimate of drug-likeness (QED) is 0.573. The molecule has 0 saturated heterocycles. The van der Waals surface area contributed by atoms with Gasteiger partial charge in [0.1, 0.15) is 22.7 Å². The van der Waals surface area contributed by atoms with Crippen molar-refractivity contribution in [3.8, 4) is 11.5 Å². The summed E-state index contributed by atoms with van der Waals surface area (Å²) >= 11 is 6.12. The van der Waals surface area contributed by atoms with Crippen LogP contribution in [0.5, 0.6) is 11.5 Å². The normalized spacial score (nSPS) is 14.6. The topological polar surface area (TPSA) is 77.8 Å². The fraction of sp³-hybridized carbons (Fsp3) is 0.333. The van der Waals surface area contributed by atoms with Crippen LogP contribution in [0.4, 0.5) is 5.69 Å². The van der Waals surface area contributed by atoms with Crippen LogP contribution < -0.4 is 20.4 Å². The summed E-state index contributed by atoms with van der Waals surface area (Å²) in [5.41, 5.74) is 1.89. The molecule has 0 unspecified atom stereocenters. The van der Waals surface area contributed by atoms with Gasteiger partial charge in [-0.2, -0.15) is 0 Å². The van der Waals surface area contributed by atoms with E-state index in [1.165, 1.54) is 0 Å². The van der Waals surface area contributed by atoms with Crippen molar-refractivity contribution >= 4 is 34.2 Å². The molecular formula is C24H24ClNO5. The summed E-state index contributed by atoms with van der Waals surface area (Å²) in [5, 5.41) is 3.86. The second kappa shape index (κ2) is 7.93. The molecule has 7 heteroatoms. The van der Waals surface area contributed by atoms with Gasteiger partial charge >= 0.3 is 5.63 Å². The summed E-state index contributed by atoms with van der Waals surface area (Å²) in [6.07, 6.45) is 1.38. The number of nitrogens with one attached hydrogen (secondary N) is 1. The van der Waals surface area contributed by atoms with Gasteiger partial charge in [-0.3, -0.25) is 4.79 Å². The number of fused-ring (bicyclic) bond motifs is 3. The molecule has 0 atom stereocenters. The maximum absolute atomic E-state index is 12.9. The van der Waals surface area contributed by atoms with Gasteiger partial charge in [0.05, 0.1) is 35.2 Å². The van der Waals surface area contributed by atoms with Gasteiger partial charge in [-0.1, -0.05) is 23.7 Å². The molecule has 6 nitrogen and oxygen atoms in total. The molecule has 0 radical (unpaired) electrons. The highest BCUT2D eigenvalue weighted by Gasteiger charge is 2.31. The van der Waals surface area contributed by atoms with Gasteiger partial charge in [-0.05, 0) is 51.3 Å². The van der Waals surface area contributed by atoms with Crippen LogP contribution in [0.3, 0.4) is 0 Å². The number of benzene rings is 2. The first-order chi connectivity index (χ1) is 14.7. The zero-order chi connectivity index (χ0) is 22.3. The van der Waals surface area contributed by atoms with Crippen LogP contribution in [0, 0.1) is 6.92 Å². The third-order valence-electron chi connectivity index (χ3n) is 5.64. The lowest BCUT2D eigenvalue weighted by Crippen LogP contribution is -2.32. The number of aryl methyl sites for hydroxylation is 2. The first-order valence-corrected chi connectivity index (χ1v) is 10.5. The number of rotatable bonds is 4. The van der Waals surface area contributed by atoms with Crippen molar-refractivity contribution in [2.45, 2.75) is 45.6 Å². The van der Waals surface area contributed by atoms with Crippen LogP contribution in [0.15, 0.2) is 39.5 Å². The van der Waals surface area contributed by atoms with Gasteiger partial charge in [0.2, 0.25) is 5.91 Å². The highest BCUT2D eigenvalue weighted by molar-refractivity contribution is 6.33. The highest BCUT2D eigenvalue weighted by Crippen LogP contribution is 2.43. The molecule has 2 aromatic carbocycles. The number of carbonyl (C=O) groups is 1. The Morgan fingerprint density at radius 2 is 2.03 bits per heavy atom. The molecule has 4 rings (SSSR count). The fourth-order valence-electron chi connectivity index (χ4n) is 3.96. The number of hydrogen-bond donors (Lipinski definition) is 1. The summed E-state index contributed by atoms with van der Waals surface area (Å²) in [6.45, 7) is 5.85. The van der Waals surface area contributed by atoms with Gasteiger partial charge in [0, 0.05) is 11.6 Å². The Hall–Kier alpha value is -2.99. The Bertz CT molecular complexity index is 1240. The summed E-state index contributed by atoms with van der Waals surface area (Å²) < 4.78 is 17.4. The second-order valence-electron chi connectivity index (χ2n) is 8.32. The molecule has 162 valence electrons. The Labute approximate surface area is 185 Å². The van der Waals surface area contributed by atoms with Crippen molar-refractivity contribution in [3.63, 3.8) is 0 Å². The number of para-hydroxylation sites is 1. The van der Waals surface area contributed by atoms with E-state index < -0.39 is 5.63 Å². The average Bonchev–Trinajstić information content (AvgIpc) is 2.71. The SMILES string of the molecule is COc1cc2c(c3oc(=O)c(CC(=O)Nc4ccccc4Cl)c(C)c13)CCC(C)(C)O2. The molecule has 1 N–H and O–H groups in total. The minimum Gasteiger partial charge on any atom is -0.496 e. The molecule has 0 fully saturated rings. The van der Waals surface area contributed by atoms with Crippen molar-refractivity contribution in [1.82, 2.24) is 0 Å². The summed E-state index contributed by atoms with van der Waals surface area (Å²) in [4.78, 5) is 25.5. The van der Waals surface area contributed by atoms with E-state index in [2.05, 4.69) is 5.32 Å². The summed E-state index contributed by atoms with van der Waals surface area (Å²) in [6, 6.07) is 8.77. The summed E-state index contributed by atoms with van der Waals surface area (Å²) in [5.74, 6) is 0.845. The van der Waals surface area contributed by atoms with E-state index in [-0.39, 0.29) is 23.5 Å². The largest absolute Gasteiger partial charge is 0.496 e. The third kappa shape index (κ3) is 4.00. The molecule has 0 spiro atoms. The van der Waals surface area contributed by atoms with Gasteiger partial charge in [0.15, 0.2) is 0 Å². The number of halogens is 1. The van der Waals surface area contributed by atoms with E-state index in [0.29, 0.717) is 38.7 Å². The number of hydrogen-bond acceptors (Lipinski definition) is 5. The molecule has 1 amide bonds. The molecule has 1 aliphatic heterocycles. The van der Waals surface area contributed by atoms with Crippen LogP contribution >= 0.6 is 11.6 Å². The lowest BCUT2D eigenvalue weighted by molar-refractivity contribution is -0.115. The molecule has 3 aromatic rings. The van der Waals surface area contributed by atoms with Crippen LogP contribution in [0.1, 0.15) is 37.0 Å². The second-order valence-corrected chi connectivity index (χ2v) is 8.73. The maximum atomic E-state index is 12.9. The molecule has 0 bridgehead atoms. The number of methoxy groups -OCH3 is 1. The first-order valence-electron chi connectivity index (χ1n) is 10.1. The van der Waals surface area contributed by atoms with Crippen molar-refractivity contribution < 1.29 is 18.7 Å². The standard InChI is InChI=1S/C24H24ClNO5/c1-13-15(11-20(27)26-17-8-6-5-7-16(17)25)23(28)30-22-14-9-10-24(2,3)31-18(14)12-19(29-4)21(13)22/h5-8,12H,9-11H2,1-4H3,(H,26,27). The van der Waals surface area contributed by atoms with Gasteiger partial charge in [-0.15, -0.1) is 0 Å². The predicted octanol–water partition coefficient (Wildman–Crippen LogP) is 5.05. The average molecular weight is 442 g/mol. The fourth-order valence-corrected chi connectivity index (χ4v) is 4.15. The maximum Gasteiger partial charge on any atom is 0.340 e. The lowest BCUT2D eigenvalue weighted by atomic mass is 9.91. The van der Waals surface area contributed by atoms with E-state index in [9.17, 15) is 9.59 Å². The van der Waals surface area contributed by atoms with Crippen LogP contribution in [0.25, 0.3) is 11.0 Å². The van der Waals surface area contributed by atoms with E-state index in [0.717, 1.165) is 18.4 Å². The van der Waals surface area contributed by atoms with E-state index in [1.54, 1.807) is 38.3 Å². The van der Waals surface area contributed by atoms with Crippen LogP contribution in [-0.4, -0.2) is 18.6 Å². The number of amides is 1. The monoisotopic (exact) mass is 441 g/mol. The smallest absolute Gasteiger partial charge is 0.340 e. The molecule has 0 saturated carbocycles. The van der Waals surface area contributed by atoms with Crippen LogP contribution in [-0.2, 0) is 17.6 Å². The number of carbonyl (C=O) groups excluding carboxylic acids is 1. The van der Waals surface area contributed by atoms with Crippen molar-refractivity contribution in [2.24, 2.45) is 0 Å². The zero-order valence-corrected chi connectivity index (χ0v) is 18.7. The van der Waals surface area contributed by atoms with Gasteiger partial charge < -0.3 is 19.2 Å². The zero-order valence-electron chi connectivity index (χ0n) is 17.9. The number of anilines is 1. The molecule has 1 aromatic heterocycles. The van der Waals surface area contributed by atoms with Crippen molar-refractivity contribution in [2.75, 3.05) is 12.4 Å². The van der Waals surface area contributed by atoms with Crippen molar-refractivity contribution in [1.29, 1.82) is 0 Å². The molecular weight excluding hydrogens is 418 g/mol. The Morgan fingerprint density at radius 3 is 2.74 bits per heavy atom. The minimum atomic E-state index is -0.542. The van der Waals surface area contributed by atoms with Gasteiger partial charge in [-0.25, -0.2) is 4.79 Å². The van der Waals surface area contributed by atoms with Gasteiger partial charge in [0.25, 0.3) is 0 Å². The molecule has 31 heavy (non-hydrogen) atoms. The van der Waals surface area contributed by atoms with E-state index in [4.69, 9.17) is 25.5 Å². The Balaban J connectivity index is 1.77. The van der Waals surface area contributed by atoms with Crippen LogP contribution in [0.2, 0.25) is 5.02 Å². The first kappa shape index (κ1) is 21.2. The Kier molecular flexibility index (Phi) is 5.43. The minimum absolute atomic E-state index is 0.140. The molecule has 0 aliphatic carbocycles. The van der Waals surface area contributed by atoms with E-state index >= 15 is 0 Å². The lowest BCUT2D eigenvalue weighted by Gasteiger charge is -2.33. The molecule has 1 aliphatic rings. The molecule has 2 heterocycles. The Morgan fingerprint density at radius 1 is 1.29 bits per heavy atom. The number of ether oxygens (including phenoxy) is 2.